The second-order valence-electron chi connectivity index (χ2n) is 4.34. The Balaban J connectivity index is 2.34. The normalized spacial score (nSPS) is 11.2. The van der Waals surface area contributed by atoms with Crippen molar-refractivity contribution in [3.8, 4) is 0 Å². The lowest BCUT2D eigenvalue weighted by Crippen LogP contribution is -2.15. The van der Waals surface area contributed by atoms with Gasteiger partial charge in [-0.15, -0.1) is 0 Å². The van der Waals surface area contributed by atoms with Crippen LogP contribution in [-0.4, -0.2) is 27.5 Å². The van der Waals surface area contributed by atoms with Crippen LogP contribution in [0.25, 0.3) is 0 Å². The van der Waals surface area contributed by atoms with Crippen molar-refractivity contribution in [2.45, 2.75) is 4.90 Å². The molecule has 1 aromatic heterocycles. The van der Waals surface area contributed by atoms with Crippen LogP contribution in [0.1, 0.15) is 0 Å². The van der Waals surface area contributed by atoms with Crippen LogP contribution in [-0.2, 0) is 10.0 Å². The number of hydrogen-bond donors (Lipinski definition) is 1. The second kappa shape index (κ2) is 5.68. The lowest BCUT2D eigenvalue weighted by atomic mass is 10.3. The van der Waals surface area contributed by atoms with Crippen LogP contribution < -0.4 is 9.62 Å². The van der Waals surface area contributed by atoms with Crippen molar-refractivity contribution in [1.29, 1.82) is 0 Å². The fourth-order valence-corrected chi connectivity index (χ4v) is 3.13. The van der Waals surface area contributed by atoms with Crippen LogP contribution in [0.4, 0.5) is 11.4 Å². The van der Waals surface area contributed by atoms with Gasteiger partial charge in [-0.25, -0.2) is 13.4 Å². The highest BCUT2D eigenvalue weighted by molar-refractivity contribution is 7.92. The minimum atomic E-state index is -3.75. The summed E-state index contributed by atoms with van der Waals surface area (Å²) in [5.41, 5.74) is 1.36. The lowest BCUT2D eigenvalue weighted by molar-refractivity contribution is 0.601. The number of pyridine rings is 1. The third-order valence-corrected chi connectivity index (χ3v) is 4.46. The predicted octanol–water partition coefficient (Wildman–Crippen LogP) is 2.60. The number of nitrogens with one attached hydrogen (secondary N) is 1. The lowest BCUT2D eigenvalue weighted by Gasteiger charge is -2.14. The van der Waals surface area contributed by atoms with Gasteiger partial charge in [0.2, 0.25) is 0 Å². The first-order valence-electron chi connectivity index (χ1n) is 5.81. The van der Waals surface area contributed by atoms with Crippen LogP contribution >= 0.6 is 11.6 Å². The molecular weight excluding hydrogens is 298 g/mol. The number of halogens is 1. The van der Waals surface area contributed by atoms with E-state index in [0.717, 1.165) is 5.69 Å². The van der Waals surface area contributed by atoms with Gasteiger partial charge < -0.3 is 4.90 Å². The molecule has 20 heavy (non-hydrogen) atoms. The first kappa shape index (κ1) is 14.6. The van der Waals surface area contributed by atoms with Gasteiger partial charge in [-0.2, -0.15) is 0 Å². The molecule has 0 aliphatic heterocycles. The Bertz CT molecular complexity index is 717. The van der Waals surface area contributed by atoms with Gasteiger partial charge in [0, 0.05) is 26.0 Å². The number of anilines is 2. The van der Waals surface area contributed by atoms with E-state index < -0.39 is 10.0 Å². The molecule has 0 spiro atoms. The van der Waals surface area contributed by atoms with E-state index in [0.29, 0.717) is 5.69 Å². The third-order valence-electron chi connectivity index (χ3n) is 2.63. The summed E-state index contributed by atoms with van der Waals surface area (Å²) in [5.74, 6) is 0. The van der Waals surface area contributed by atoms with Crippen LogP contribution in [0.15, 0.2) is 47.5 Å². The molecular formula is C13H14ClN3O2S. The average Bonchev–Trinajstić information content (AvgIpc) is 2.38. The number of sulfonamides is 1. The number of aromatic nitrogens is 1. The molecule has 0 radical (unpaired) electrons. The monoisotopic (exact) mass is 311 g/mol. The summed E-state index contributed by atoms with van der Waals surface area (Å²) in [6.07, 6.45) is 1.44. The fourth-order valence-electron chi connectivity index (χ4n) is 1.63. The zero-order chi connectivity index (χ0) is 14.8. The smallest absolute Gasteiger partial charge is 0.264 e. The number of rotatable bonds is 4. The maximum absolute atomic E-state index is 12.3. The second-order valence-corrected chi connectivity index (χ2v) is 6.35. The van der Waals surface area contributed by atoms with Crippen molar-refractivity contribution in [2.75, 3.05) is 23.7 Å². The zero-order valence-corrected chi connectivity index (χ0v) is 12.6. The number of benzene rings is 1. The molecule has 0 fully saturated rings. The highest BCUT2D eigenvalue weighted by atomic mass is 35.5. The van der Waals surface area contributed by atoms with E-state index in [1.54, 1.807) is 18.2 Å². The van der Waals surface area contributed by atoms with Crippen molar-refractivity contribution in [2.24, 2.45) is 0 Å². The summed E-state index contributed by atoms with van der Waals surface area (Å²) in [4.78, 5) is 5.61. The van der Waals surface area contributed by atoms with Crippen LogP contribution in [0, 0.1) is 0 Å². The van der Waals surface area contributed by atoms with Gasteiger partial charge in [-0.05, 0) is 30.3 Å². The Kier molecular flexibility index (Phi) is 4.15. The first-order valence-corrected chi connectivity index (χ1v) is 7.67. The Morgan fingerprint density at radius 1 is 1.20 bits per heavy atom. The molecule has 0 saturated carbocycles. The molecule has 1 aromatic carbocycles. The molecule has 2 aromatic rings. The highest BCUT2D eigenvalue weighted by Crippen LogP contribution is 2.23. The maximum atomic E-state index is 12.3. The topological polar surface area (TPSA) is 62.3 Å². The van der Waals surface area contributed by atoms with Crippen LogP contribution in [0.5, 0.6) is 0 Å². The Morgan fingerprint density at radius 2 is 1.95 bits per heavy atom. The van der Waals surface area contributed by atoms with Gasteiger partial charge in [-0.1, -0.05) is 17.7 Å². The van der Waals surface area contributed by atoms with Crippen molar-refractivity contribution in [3.63, 3.8) is 0 Å². The van der Waals surface area contributed by atoms with Gasteiger partial charge in [0.15, 0.2) is 0 Å². The van der Waals surface area contributed by atoms with Gasteiger partial charge in [-0.3, -0.25) is 4.72 Å². The van der Waals surface area contributed by atoms with Gasteiger partial charge in [0.1, 0.15) is 10.0 Å². The van der Waals surface area contributed by atoms with Crippen molar-refractivity contribution < 1.29 is 8.42 Å². The van der Waals surface area contributed by atoms with Crippen molar-refractivity contribution in [1.82, 2.24) is 4.98 Å². The van der Waals surface area contributed by atoms with E-state index in [4.69, 9.17) is 11.6 Å². The molecule has 1 N–H and O–H groups in total. The summed E-state index contributed by atoms with van der Waals surface area (Å²) in [7, 11) is 0.0117. The van der Waals surface area contributed by atoms with E-state index >= 15 is 0 Å². The van der Waals surface area contributed by atoms with E-state index in [9.17, 15) is 8.42 Å². The summed E-state index contributed by atoms with van der Waals surface area (Å²) < 4.78 is 27.0. The average molecular weight is 312 g/mol. The Morgan fingerprint density at radius 3 is 2.60 bits per heavy atom. The SMILES string of the molecule is CN(C)c1cccc(NS(=O)(=O)c2cccnc2Cl)c1. The quantitative estimate of drug-likeness (QED) is 0.882. The summed E-state index contributed by atoms with van der Waals surface area (Å²) in [5, 5.41) is -0.0521. The summed E-state index contributed by atoms with van der Waals surface area (Å²) in [6, 6.07) is 10.0. The Labute approximate surface area is 123 Å². The standard InChI is InChI=1S/C13H14ClN3O2S/c1-17(2)11-6-3-5-10(9-11)16-20(18,19)12-7-4-8-15-13(12)14/h3-9,16H,1-2H3. The largest absolute Gasteiger partial charge is 0.378 e. The predicted molar refractivity (Wildman–Crippen MR) is 80.8 cm³/mol. The fraction of sp³-hybridized carbons (Fsp3) is 0.154. The molecule has 0 aliphatic rings. The Hall–Kier alpha value is -1.79. The van der Waals surface area contributed by atoms with Crippen molar-refractivity contribution >= 4 is 33.0 Å². The van der Waals surface area contributed by atoms with E-state index in [1.165, 1.54) is 18.3 Å². The van der Waals surface area contributed by atoms with Gasteiger partial charge >= 0.3 is 0 Å². The van der Waals surface area contributed by atoms with Gasteiger partial charge in [0.05, 0.1) is 5.69 Å². The minimum absolute atomic E-state index is 0.0445. The number of hydrogen-bond acceptors (Lipinski definition) is 4. The maximum Gasteiger partial charge on any atom is 0.264 e. The molecule has 7 heteroatoms. The summed E-state index contributed by atoms with van der Waals surface area (Å²) in [6.45, 7) is 0. The molecule has 0 aliphatic carbocycles. The minimum Gasteiger partial charge on any atom is -0.378 e. The van der Waals surface area contributed by atoms with E-state index in [1.807, 2.05) is 25.1 Å². The number of nitrogens with zero attached hydrogens (tertiary/aromatic N) is 2. The molecule has 0 amide bonds. The molecule has 0 unspecified atom stereocenters. The molecule has 0 bridgehead atoms. The first-order chi connectivity index (χ1) is 9.40. The van der Waals surface area contributed by atoms with Crippen LogP contribution in [0.3, 0.4) is 0 Å². The van der Waals surface area contributed by atoms with Gasteiger partial charge in [0.25, 0.3) is 10.0 Å². The van der Waals surface area contributed by atoms with Crippen LogP contribution in [0.2, 0.25) is 5.15 Å². The van der Waals surface area contributed by atoms with E-state index in [-0.39, 0.29) is 10.0 Å². The molecule has 0 saturated heterocycles. The molecule has 0 atom stereocenters. The summed E-state index contributed by atoms with van der Waals surface area (Å²) >= 11 is 5.82. The van der Waals surface area contributed by atoms with Crippen molar-refractivity contribution in [3.05, 3.63) is 47.7 Å². The molecule has 106 valence electrons. The molecule has 1 heterocycles. The highest BCUT2D eigenvalue weighted by Gasteiger charge is 2.18. The third kappa shape index (κ3) is 3.20. The molecule has 5 nitrogen and oxygen atoms in total. The van der Waals surface area contributed by atoms with E-state index in [2.05, 4.69) is 9.71 Å². The molecule has 2 rings (SSSR count). The zero-order valence-electron chi connectivity index (χ0n) is 11.0.